The zero-order chi connectivity index (χ0) is 23.7. The highest BCUT2D eigenvalue weighted by Gasteiger charge is 2.21. The number of nitrogens with zero attached hydrogens (tertiary/aromatic N) is 3. The number of piperazine rings is 1. The standard InChI is InChI=1S/C25H36N4O3S/c1-3-29(4-2)33(31,32)24-13-11-23(12-14-24)25(30)26-15-8-16-27-17-19-28(20-18-27)21-22-9-6-5-7-10-22/h5-7,9-14H,3-4,8,15-21H2,1-2H3,(H,26,30). The van der Waals surface area contributed by atoms with Crippen LogP contribution in [0.1, 0.15) is 36.2 Å². The van der Waals surface area contributed by atoms with Gasteiger partial charge in [0.2, 0.25) is 10.0 Å². The van der Waals surface area contributed by atoms with Gasteiger partial charge in [0.15, 0.2) is 0 Å². The Bertz CT molecular complexity index is 968. The van der Waals surface area contributed by atoms with Crippen LogP contribution in [0.15, 0.2) is 59.5 Å². The summed E-state index contributed by atoms with van der Waals surface area (Å²) in [5.41, 5.74) is 1.83. The van der Waals surface area contributed by atoms with Crippen molar-refractivity contribution in [2.24, 2.45) is 0 Å². The third-order valence-corrected chi connectivity index (χ3v) is 8.17. The summed E-state index contributed by atoms with van der Waals surface area (Å²) in [6.45, 7) is 11.2. The Morgan fingerprint density at radius 2 is 1.52 bits per heavy atom. The maximum absolute atomic E-state index is 12.6. The summed E-state index contributed by atoms with van der Waals surface area (Å²) in [7, 11) is -3.51. The van der Waals surface area contributed by atoms with E-state index < -0.39 is 10.0 Å². The predicted octanol–water partition coefficient (Wildman–Crippen LogP) is 2.65. The third kappa shape index (κ3) is 7.11. The van der Waals surface area contributed by atoms with Crippen molar-refractivity contribution in [1.29, 1.82) is 0 Å². The number of benzene rings is 2. The largest absolute Gasteiger partial charge is 0.352 e. The second-order valence-corrected chi connectivity index (χ2v) is 10.3. The lowest BCUT2D eigenvalue weighted by atomic mass is 10.2. The summed E-state index contributed by atoms with van der Waals surface area (Å²) >= 11 is 0. The Labute approximate surface area is 198 Å². The molecule has 0 unspecified atom stereocenters. The smallest absolute Gasteiger partial charge is 0.251 e. The van der Waals surface area contributed by atoms with Crippen molar-refractivity contribution in [2.75, 3.05) is 52.4 Å². The van der Waals surface area contributed by atoms with Crippen LogP contribution in [-0.2, 0) is 16.6 Å². The molecular weight excluding hydrogens is 436 g/mol. The van der Waals surface area contributed by atoms with Crippen molar-refractivity contribution in [3.05, 3.63) is 65.7 Å². The van der Waals surface area contributed by atoms with Crippen molar-refractivity contribution in [3.63, 3.8) is 0 Å². The van der Waals surface area contributed by atoms with Gasteiger partial charge in [-0.15, -0.1) is 0 Å². The van der Waals surface area contributed by atoms with Crippen molar-refractivity contribution < 1.29 is 13.2 Å². The monoisotopic (exact) mass is 472 g/mol. The van der Waals surface area contributed by atoms with Crippen LogP contribution >= 0.6 is 0 Å². The number of carbonyl (C=O) groups is 1. The normalized spacial score (nSPS) is 15.6. The number of sulfonamides is 1. The van der Waals surface area contributed by atoms with E-state index in [1.807, 2.05) is 19.9 Å². The maximum Gasteiger partial charge on any atom is 0.251 e. The second kappa shape index (κ2) is 12.3. The number of hydrogen-bond acceptors (Lipinski definition) is 5. The molecule has 1 aliphatic heterocycles. The quantitative estimate of drug-likeness (QED) is 0.509. The Balaban J connectivity index is 1.37. The molecular formula is C25H36N4O3S. The summed E-state index contributed by atoms with van der Waals surface area (Å²) in [6, 6.07) is 16.8. The summed E-state index contributed by atoms with van der Waals surface area (Å²) < 4.78 is 26.5. The Morgan fingerprint density at radius 1 is 0.909 bits per heavy atom. The molecule has 180 valence electrons. The number of amides is 1. The molecule has 7 nitrogen and oxygen atoms in total. The highest BCUT2D eigenvalue weighted by Crippen LogP contribution is 2.16. The molecule has 0 aliphatic carbocycles. The molecule has 0 radical (unpaired) electrons. The summed E-state index contributed by atoms with van der Waals surface area (Å²) in [6.07, 6.45) is 0.888. The first-order valence-electron chi connectivity index (χ1n) is 11.8. The van der Waals surface area contributed by atoms with Crippen molar-refractivity contribution in [1.82, 2.24) is 19.4 Å². The highest BCUT2D eigenvalue weighted by molar-refractivity contribution is 7.89. The molecule has 1 N–H and O–H groups in total. The summed E-state index contributed by atoms with van der Waals surface area (Å²) in [4.78, 5) is 17.6. The molecule has 8 heteroatoms. The van der Waals surface area contributed by atoms with Crippen molar-refractivity contribution in [2.45, 2.75) is 31.7 Å². The maximum atomic E-state index is 12.6. The van der Waals surface area contributed by atoms with Crippen LogP contribution in [0.2, 0.25) is 0 Å². The molecule has 0 aromatic heterocycles. The van der Waals surface area contributed by atoms with Crippen LogP contribution in [0.4, 0.5) is 0 Å². The third-order valence-electron chi connectivity index (χ3n) is 6.11. The van der Waals surface area contributed by atoms with Crippen LogP contribution in [0.5, 0.6) is 0 Å². The van der Waals surface area contributed by atoms with Crippen LogP contribution in [0.25, 0.3) is 0 Å². The van der Waals surface area contributed by atoms with E-state index in [1.165, 1.54) is 22.0 Å². The topological polar surface area (TPSA) is 73.0 Å². The molecule has 1 fully saturated rings. The number of carbonyl (C=O) groups excluding carboxylic acids is 1. The van der Waals surface area contributed by atoms with E-state index in [0.717, 1.165) is 45.7 Å². The molecule has 3 rings (SSSR count). The zero-order valence-electron chi connectivity index (χ0n) is 19.7. The number of nitrogens with one attached hydrogen (secondary N) is 1. The predicted molar refractivity (Wildman–Crippen MR) is 132 cm³/mol. The molecule has 1 saturated heterocycles. The van der Waals surface area contributed by atoms with E-state index in [4.69, 9.17) is 0 Å². The van der Waals surface area contributed by atoms with E-state index >= 15 is 0 Å². The van der Waals surface area contributed by atoms with E-state index in [-0.39, 0.29) is 10.8 Å². The van der Waals surface area contributed by atoms with Gasteiger partial charge in [0, 0.05) is 57.9 Å². The second-order valence-electron chi connectivity index (χ2n) is 8.33. The highest BCUT2D eigenvalue weighted by atomic mass is 32.2. The average Bonchev–Trinajstić information content (AvgIpc) is 2.84. The summed E-state index contributed by atoms with van der Waals surface area (Å²) in [5.74, 6) is -0.172. The van der Waals surface area contributed by atoms with Crippen LogP contribution in [0, 0.1) is 0 Å². The fourth-order valence-corrected chi connectivity index (χ4v) is 5.57. The van der Waals surface area contributed by atoms with Gasteiger partial charge < -0.3 is 10.2 Å². The van der Waals surface area contributed by atoms with Gasteiger partial charge in [-0.1, -0.05) is 44.2 Å². The van der Waals surface area contributed by atoms with E-state index in [1.54, 1.807) is 12.1 Å². The average molecular weight is 473 g/mol. The minimum atomic E-state index is -3.51. The molecule has 0 atom stereocenters. The molecule has 2 aromatic rings. The van der Waals surface area contributed by atoms with Gasteiger partial charge in [0.25, 0.3) is 5.91 Å². The first kappa shape index (κ1) is 25.4. The van der Waals surface area contributed by atoms with Gasteiger partial charge in [-0.05, 0) is 42.8 Å². The SMILES string of the molecule is CCN(CC)S(=O)(=O)c1ccc(C(=O)NCCCN2CCN(Cc3ccccc3)CC2)cc1. The number of hydrogen-bond donors (Lipinski definition) is 1. The molecule has 1 aliphatic rings. The molecule has 0 saturated carbocycles. The minimum Gasteiger partial charge on any atom is -0.352 e. The number of rotatable bonds is 11. The minimum absolute atomic E-state index is 0.172. The van der Waals surface area contributed by atoms with Gasteiger partial charge in [0.05, 0.1) is 4.90 Å². The molecule has 2 aromatic carbocycles. The first-order valence-corrected chi connectivity index (χ1v) is 13.2. The molecule has 0 spiro atoms. The fraction of sp³-hybridized carbons (Fsp3) is 0.480. The van der Waals surface area contributed by atoms with Crippen LogP contribution in [0.3, 0.4) is 0 Å². The van der Waals surface area contributed by atoms with Gasteiger partial charge in [0.1, 0.15) is 0 Å². The Morgan fingerprint density at radius 3 is 2.12 bits per heavy atom. The van der Waals surface area contributed by atoms with E-state index in [9.17, 15) is 13.2 Å². The molecule has 33 heavy (non-hydrogen) atoms. The van der Waals surface area contributed by atoms with Gasteiger partial charge in [-0.25, -0.2) is 8.42 Å². The van der Waals surface area contributed by atoms with Crippen LogP contribution in [-0.4, -0.2) is 80.8 Å². The van der Waals surface area contributed by atoms with E-state index in [2.05, 4.69) is 39.4 Å². The van der Waals surface area contributed by atoms with Gasteiger partial charge >= 0.3 is 0 Å². The Kier molecular flexibility index (Phi) is 9.43. The van der Waals surface area contributed by atoms with E-state index in [0.29, 0.717) is 25.2 Å². The summed E-state index contributed by atoms with van der Waals surface area (Å²) in [5, 5.41) is 2.95. The molecule has 1 amide bonds. The Hall–Kier alpha value is -2.26. The zero-order valence-corrected chi connectivity index (χ0v) is 20.6. The van der Waals surface area contributed by atoms with Crippen molar-refractivity contribution >= 4 is 15.9 Å². The van der Waals surface area contributed by atoms with Gasteiger partial charge in [-0.3, -0.25) is 9.69 Å². The lowest BCUT2D eigenvalue weighted by molar-refractivity contribution is 0.0947. The van der Waals surface area contributed by atoms with Gasteiger partial charge in [-0.2, -0.15) is 4.31 Å². The first-order chi connectivity index (χ1) is 15.9. The lowest BCUT2D eigenvalue weighted by Crippen LogP contribution is -2.46. The lowest BCUT2D eigenvalue weighted by Gasteiger charge is -2.34. The fourth-order valence-electron chi connectivity index (χ4n) is 4.11. The van der Waals surface area contributed by atoms with Crippen molar-refractivity contribution in [3.8, 4) is 0 Å². The van der Waals surface area contributed by atoms with Crippen LogP contribution < -0.4 is 5.32 Å². The molecule has 1 heterocycles. The molecule has 0 bridgehead atoms.